The number of hydrogen-bond acceptors (Lipinski definition) is 4. The van der Waals surface area contributed by atoms with Crippen molar-refractivity contribution in [1.29, 1.82) is 0 Å². The summed E-state index contributed by atoms with van der Waals surface area (Å²) in [6, 6.07) is 27.2. The quantitative estimate of drug-likeness (QED) is 0.291. The topological polar surface area (TPSA) is 63.9 Å². The fourth-order valence-corrected chi connectivity index (χ4v) is 4.18. The van der Waals surface area contributed by atoms with Crippen molar-refractivity contribution >= 4 is 34.4 Å². The minimum atomic E-state index is -0.0773. The zero-order valence-corrected chi connectivity index (χ0v) is 21.0. The molecule has 0 bridgehead atoms. The molecule has 0 radical (unpaired) electrons. The molecule has 0 saturated heterocycles. The highest BCUT2D eigenvalue weighted by Gasteiger charge is 2.23. The number of hydrogen-bond donors (Lipinski definition) is 3. The molecule has 7 heteroatoms. The van der Waals surface area contributed by atoms with E-state index < -0.39 is 0 Å². The molecular formula is C28H30N4O2S. The van der Waals surface area contributed by atoms with Crippen LogP contribution in [0.25, 0.3) is 5.69 Å². The monoisotopic (exact) mass is 486 g/mol. The van der Waals surface area contributed by atoms with Crippen molar-refractivity contribution in [2.75, 3.05) is 35.8 Å². The lowest BCUT2D eigenvalue weighted by Gasteiger charge is -2.25. The van der Waals surface area contributed by atoms with E-state index in [0.29, 0.717) is 29.5 Å². The molecule has 4 rings (SSSR count). The molecule has 0 saturated carbocycles. The zero-order valence-electron chi connectivity index (χ0n) is 20.1. The minimum Gasteiger partial charge on any atom is -0.494 e. The highest BCUT2D eigenvalue weighted by molar-refractivity contribution is 7.80. The third kappa shape index (κ3) is 5.58. The van der Waals surface area contributed by atoms with Crippen molar-refractivity contribution in [3.05, 3.63) is 96.1 Å². The zero-order chi connectivity index (χ0) is 24.9. The molecule has 0 aliphatic carbocycles. The Kier molecular flexibility index (Phi) is 7.27. The maximum Gasteiger partial charge on any atom is 0.223 e. The van der Waals surface area contributed by atoms with Crippen molar-refractivity contribution in [2.45, 2.75) is 13.3 Å². The number of aryl methyl sites for hydroxylation is 1. The van der Waals surface area contributed by atoms with Crippen LogP contribution >= 0.6 is 12.2 Å². The molecule has 1 aromatic heterocycles. The van der Waals surface area contributed by atoms with Gasteiger partial charge in [0.25, 0.3) is 0 Å². The molecule has 3 N–H and O–H groups in total. The van der Waals surface area contributed by atoms with Gasteiger partial charge in [-0.2, -0.15) is 0 Å². The van der Waals surface area contributed by atoms with Crippen LogP contribution < -0.4 is 15.1 Å². The second-order valence-corrected chi connectivity index (χ2v) is 9.03. The highest BCUT2D eigenvalue weighted by atomic mass is 32.1. The number of aromatic nitrogens is 1. The number of anilines is 3. The van der Waals surface area contributed by atoms with Gasteiger partial charge in [0, 0.05) is 38.1 Å². The fourth-order valence-electron chi connectivity index (χ4n) is 3.87. The molecule has 0 atom stereocenters. The van der Waals surface area contributed by atoms with Gasteiger partial charge < -0.3 is 25.3 Å². The predicted molar refractivity (Wildman–Crippen MR) is 148 cm³/mol. The van der Waals surface area contributed by atoms with Crippen molar-refractivity contribution in [3.8, 4) is 17.4 Å². The third-order valence-electron chi connectivity index (χ3n) is 5.87. The first-order valence-electron chi connectivity index (χ1n) is 11.4. The summed E-state index contributed by atoms with van der Waals surface area (Å²) >= 11 is 5.79. The van der Waals surface area contributed by atoms with Crippen molar-refractivity contribution in [1.82, 2.24) is 4.57 Å². The Morgan fingerprint density at radius 2 is 1.57 bits per heavy atom. The first kappa shape index (κ1) is 24.2. The van der Waals surface area contributed by atoms with Crippen LogP contribution in [0.5, 0.6) is 11.8 Å². The molecule has 35 heavy (non-hydrogen) atoms. The number of thiocarbonyl (C=S) groups is 1. The van der Waals surface area contributed by atoms with E-state index in [2.05, 4.69) is 17.4 Å². The predicted octanol–water partition coefficient (Wildman–Crippen LogP) is 5.71. The van der Waals surface area contributed by atoms with Gasteiger partial charge >= 0.3 is 0 Å². The molecule has 180 valence electrons. The maximum atomic E-state index is 11.2. The lowest BCUT2D eigenvalue weighted by molar-refractivity contribution is 0.403. The Morgan fingerprint density at radius 3 is 2.20 bits per heavy atom. The average Bonchev–Trinajstić information content (AvgIpc) is 3.14. The lowest BCUT2D eigenvalue weighted by Crippen LogP contribution is -2.36. The van der Waals surface area contributed by atoms with Crippen molar-refractivity contribution < 1.29 is 10.2 Å². The second-order valence-electron chi connectivity index (χ2n) is 8.64. The van der Waals surface area contributed by atoms with Gasteiger partial charge in [-0.15, -0.1) is 0 Å². The number of rotatable bonds is 7. The number of aromatic hydroxyl groups is 2. The first-order valence-corrected chi connectivity index (χ1v) is 11.8. The molecule has 3 aromatic carbocycles. The third-order valence-corrected chi connectivity index (χ3v) is 6.19. The van der Waals surface area contributed by atoms with E-state index in [1.807, 2.05) is 97.5 Å². The summed E-state index contributed by atoms with van der Waals surface area (Å²) in [6.45, 7) is 2.50. The van der Waals surface area contributed by atoms with Crippen LogP contribution in [0.1, 0.15) is 11.1 Å². The normalized spacial score (nSPS) is 10.7. The Bertz CT molecular complexity index is 1280. The molecule has 0 unspecified atom stereocenters. The molecule has 4 aromatic rings. The van der Waals surface area contributed by atoms with E-state index in [1.54, 1.807) is 6.07 Å². The largest absolute Gasteiger partial charge is 0.494 e. The van der Waals surface area contributed by atoms with Gasteiger partial charge in [0.05, 0.1) is 5.69 Å². The molecule has 0 aliphatic rings. The summed E-state index contributed by atoms with van der Waals surface area (Å²) in [5, 5.41) is 25.6. The smallest absolute Gasteiger partial charge is 0.223 e. The van der Waals surface area contributed by atoms with Crippen LogP contribution in [0, 0.1) is 6.92 Å². The van der Waals surface area contributed by atoms with Crippen LogP contribution in [0.15, 0.2) is 84.9 Å². The van der Waals surface area contributed by atoms with Crippen molar-refractivity contribution in [2.24, 2.45) is 0 Å². The summed E-state index contributed by atoms with van der Waals surface area (Å²) in [6.07, 6.45) is 0.706. The summed E-state index contributed by atoms with van der Waals surface area (Å²) in [4.78, 5) is 3.85. The van der Waals surface area contributed by atoms with Gasteiger partial charge in [-0.3, -0.25) is 0 Å². The van der Waals surface area contributed by atoms with E-state index in [1.165, 1.54) is 4.57 Å². The van der Waals surface area contributed by atoms with Crippen LogP contribution in [-0.4, -0.2) is 40.5 Å². The first-order chi connectivity index (χ1) is 16.8. The number of nitrogens with zero attached hydrogens (tertiary/aromatic N) is 3. The molecule has 0 fully saturated rings. The molecule has 1 heterocycles. The Morgan fingerprint density at radius 1 is 0.914 bits per heavy atom. The van der Waals surface area contributed by atoms with E-state index in [-0.39, 0.29) is 11.8 Å². The molecular weight excluding hydrogens is 456 g/mol. The van der Waals surface area contributed by atoms with Gasteiger partial charge in [0.2, 0.25) is 11.8 Å². The molecule has 0 aliphatic heterocycles. The minimum absolute atomic E-state index is 0.0656. The molecule has 0 spiro atoms. The Balaban J connectivity index is 1.65. The summed E-state index contributed by atoms with van der Waals surface area (Å²) < 4.78 is 1.42. The van der Waals surface area contributed by atoms with Crippen LogP contribution in [0.2, 0.25) is 0 Å². The second kappa shape index (κ2) is 10.5. The van der Waals surface area contributed by atoms with Gasteiger partial charge in [-0.05, 0) is 67.5 Å². The average molecular weight is 487 g/mol. The highest BCUT2D eigenvalue weighted by Crippen LogP contribution is 2.38. The maximum absolute atomic E-state index is 11.2. The lowest BCUT2D eigenvalue weighted by atomic mass is 10.1. The number of benzene rings is 3. The molecule has 6 nitrogen and oxygen atoms in total. The number of nitrogens with one attached hydrogen (secondary N) is 1. The van der Waals surface area contributed by atoms with Crippen LogP contribution in [0.4, 0.5) is 17.1 Å². The van der Waals surface area contributed by atoms with Gasteiger partial charge in [0.15, 0.2) is 5.11 Å². The summed E-state index contributed by atoms with van der Waals surface area (Å²) in [5.41, 5.74) is 5.26. The van der Waals surface area contributed by atoms with Gasteiger partial charge in [-0.25, -0.2) is 4.57 Å². The fraction of sp³-hybridized carbons (Fsp3) is 0.179. The van der Waals surface area contributed by atoms with Gasteiger partial charge in [0.1, 0.15) is 5.69 Å². The Hall–Kier alpha value is -3.97. The van der Waals surface area contributed by atoms with E-state index in [0.717, 1.165) is 22.5 Å². The van der Waals surface area contributed by atoms with Gasteiger partial charge in [-0.1, -0.05) is 48.0 Å². The van der Waals surface area contributed by atoms with E-state index in [4.69, 9.17) is 12.2 Å². The molecule has 0 amide bonds. The SMILES string of the molecule is Cc1ccc(-n2c(O)cc(N(CCc3ccccc3)C(=S)Nc3ccc(N(C)C)cc3)c2O)cc1. The van der Waals surface area contributed by atoms with E-state index in [9.17, 15) is 10.2 Å². The summed E-state index contributed by atoms with van der Waals surface area (Å²) in [7, 11) is 3.98. The van der Waals surface area contributed by atoms with E-state index >= 15 is 0 Å². The van der Waals surface area contributed by atoms with Crippen LogP contribution in [-0.2, 0) is 6.42 Å². The standard InChI is InChI=1S/C28H30N4O2S/c1-20-9-13-24(14-10-20)32-26(33)19-25(27(32)34)31(18-17-21-7-5-4-6-8-21)28(35)29-22-11-15-23(16-12-22)30(2)3/h4-16,19,33-34H,17-18H2,1-3H3,(H,29,35). The summed E-state index contributed by atoms with van der Waals surface area (Å²) in [5.74, 6) is -0.143. The Labute approximate surface area is 211 Å². The van der Waals surface area contributed by atoms with Crippen molar-refractivity contribution in [3.63, 3.8) is 0 Å². The van der Waals surface area contributed by atoms with Crippen LogP contribution in [0.3, 0.4) is 0 Å².